The van der Waals surface area contributed by atoms with Gasteiger partial charge in [0.1, 0.15) is 5.69 Å². The zero-order valence-corrected chi connectivity index (χ0v) is 11.1. The summed E-state index contributed by atoms with van der Waals surface area (Å²) in [5, 5.41) is 0.0562. The van der Waals surface area contributed by atoms with E-state index >= 15 is 0 Å². The lowest BCUT2D eigenvalue weighted by Crippen LogP contribution is -1.96. The predicted molar refractivity (Wildman–Crippen MR) is 71.0 cm³/mol. The average Bonchev–Trinajstić information content (AvgIpc) is 2.32. The summed E-state index contributed by atoms with van der Waals surface area (Å²) in [5.41, 5.74) is 2.15. The molecule has 4 heteroatoms. The van der Waals surface area contributed by atoms with Crippen molar-refractivity contribution >= 4 is 11.6 Å². The van der Waals surface area contributed by atoms with E-state index in [1.54, 1.807) is 0 Å². The first-order valence-electron chi connectivity index (χ1n) is 5.83. The monoisotopic (exact) mass is 264 g/mol. The molecule has 0 fully saturated rings. The van der Waals surface area contributed by atoms with Crippen LogP contribution in [0.25, 0.3) is 11.3 Å². The van der Waals surface area contributed by atoms with Crippen LogP contribution in [0.15, 0.2) is 30.5 Å². The van der Waals surface area contributed by atoms with Crippen LogP contribution in [-0.2, 0) is 6.42 Å². The minimum absolute atomic E-state index is 0.0562. The summed E-state index contributed by atoms with van der Waals surface area (Å²) in [5.74, 6) is 0.0974. The topological polar surface area (TPSA) is 25.8 Å². The minimum Gasteiger partial charge on any atom is -0.223 e. The van der Waals surface area contributed by atoms with Gasteiger partial charge >= 0.3 is 0 Å². The summed E-state index contributed by atoms with van der Waals surface area (Å²) < 4.78 is 13.7. The molecule has 18 heavy (non-hydrogen) atoms. The summed E-state index contributed by atoms with van der Waals surface area (Å²) in [7, 11) is 0. The van der Waals surface area contributed by atoms with Gasteiger partial charge in [-0.25, -0.2) is 14.4 Å². The SMILES string of the molecule is CC(C)Cc1cccc(-c2nc(Cl)ncc2F)c1. The van der Waals surface area contributed by atoms with E-state index in [1.807, 2.05) is 24.3 Å². The molecule has 0 aliphatic heterocycles. The van der Waals surface area contributed by atoms with Crippen molar-refractivity contribution in [2.24, 2.45) is 5.92 Å². The molecule has 0 aliphatic carbocycles. The highest BCUT2D eigenvalue weighted by molar-refractivity contribution is 6.28. The molecule has 0 saturated carbocycles. The smallest absolute Gasteiger partial charge is 0.223 e. The molecule has 2 nitrogen and oxygen atoms in total. The van der Waals surface area contributed by atoms with E-state index in [0.717, 1.165) is 23.7 Å². The second-order valence-corrected chi connectivity index (χ2v) is 4.97. The number of hydrogen-bond donors (Lipinski definition) is 0. The molecular weight excluding hydrogens is 251 g/mol. The normalized spacial score (nSPS) is 10.9. The van der Waals surface area contributed by atoms with Crippen LogP contribution >= 0.6 is 11.6 Å². The number of benzene rings is 1. The zero-order chi connectivity index (χ0) is 13.1. The van der Waals surface area contributed by atoms with Gasteiger partial charge in [-0.15, -0.1) is 0 Å². The number of nitrogens with zero attached hydrogens (tertiary/aromatic N) is 2. The summed E-state index contributed by atoms with van der Waals surface area (Å²) in [6.45, 7) is 4.30. The summed E-state index contributed by atoms with van der Waals surface area (Å²) in [4.78, 5) is 7.56. The quantitative estimate of drug-likeness (QED) is 0.779. The van der Waals surface area contributed by atoms with Gasteiger partial charge in [-0.3, -0.25) is 0 Å². The Bertz CT molecular complexity index is 555. The lowest BCUT2D eigenvalue weighted by atomic mass is 10.00. The van der Waals surface area contributed by atoms with Gasteiger partial charge in [0, 0.05) is 5.56 Å². The molecule has 0 amide bonds. The maximum atomic E-state index is 13.7. The molecule has 0 N–H and O–H groups in total. The fourth-order valence-corrected chi connectivity index (χ4v) is 2.00. The Morgan fingerprint density at radius 3 is 2.83 bits per heavy atom. The van der Waals surface area contributed by atoms with E-state index < -0.39 is 5.82 Å². The Morgan fingerprint density at radius 2 is 2.11 bits per heavy atom. The van der Waals surface area contributed by atoms with E-state index in [1.165, 1.54) is 0 Å². The van der Waals surface area contributed by atoms with Crippen molar-refractivity contribution in [3.8, 4) is 11.3 Å². The molecule has 2 rings (SSSR count). The third-order valence-corrected chi connectivity index (χ3v) is 2.74. The summed E-state index contributed by atoms with van der Waals surface area (Å²) in [6, 6.07) is 7.71. The van der Waals surface area contributed by atoms with Crippen LogP contribution < -0.4 is 0 Å². The van der Waals surface area contributed by atoms with Gasteiger partial charge in [-0.2, -0.15) is 0 Å². The fraction of sp³-hybridized carbons (Fsp3) is 0.286. The molecular formula is C14H14ClFN2. The van der Waals surface area contributed by atoms with Gasteiger partial charge in [0.25, 0.3) is 0 Å². The zero-order valence-electron chi connectivity index (χ0n) is 10.3. The third-order valence-electron chi connectivity index (χ3n) is 2.56. The van der Waals surface area contributed by atoms with Crippen LogP contribution in [0.2, 0.25) is 5.28 Å². The lowest BCUT2D eigenvalue weighted by molar-refractivity contribution is 0.618. The van der Waals surface area contributed by atoms with Crippen LogP contribution in [0.1, 0.15) is 19.4 Å². The van der Waals surface area contributed by atoms with Gasteiger partial charge < -0.3 is 0 Å². The Labute approximate surface area is 111 Å². The minimum atomic E-state index is -0.457. The number of hydrogen-bond acceptors (Lipinski definition) is 2. The van der Waals surface area contributed by atoms with Crippen molar-refractivity contribution in [2.75, 3.05) is 0 Å². The highest BCUT2D eigenvalue weighted by Gasteiger charge is 2.09. The van der Waals surface area contributed by atoms with Crippen molar-refractivity contribution in [3.63, 3.8) is 0 Å². The average molecular weight is 265 g/mol. The van der Waals surface area contributed by atoms with Gasteiger partial charge in [-0.05, 0) is 35.6 Å². The van der Waals surface area contributed by atoms with Crippen LogP contribution in [0.4, 0.5) is 4.39 Å². The van der Waals surface area contributed by atoms with Crippen LogP contribution in [0, 0.1) is 11.7 Å². The molecule has 1 aromatic carbocycles. The second kappa shape index (κ2) is 5.44. The first kappa shape index (κ1) is 13.0. The number of rotatable bonds is 3. The van der Waals surface area contributed by atoms with Crippen molar-refractivity contribution in [1.82, 2.24) is 9.97 Å². The van der Waals surface area contributed by atoms with Gasteiger partial charge in [0.05, 0.1) is 6.20 Å². The first-order valence-corrected chi connectivity index (χ1v) is 6.21. The maximum Gasteiger partial charge on any atom is 0.223 e. The second-order valence-electron chi connectivity index (χ2n) is 4.63. The van der Waals surface area contributed by atoms with E-state index in [2.05, 4.69) is 23.8 Å². The summed E-state index contributed by atoms with van der Waals surface area (Å²) in [6.07, 6.45) is 2.05. The largest absolute Gasteiger partial charge is 0.223 e. The molecule has 1 heterocycles. The molecule has 0 saturated heterocycles. The molecule has 2 aromatic rings. The predicted octanol–water partition coefficient (Wildman–Crippen LogP) is 4.13. The van der Waals surface area contributed by atoms with E-state index in [-0.39, 0.29) is 11.0 Å². The van der Waals surface area contributed by atoms with Crippen molar-refractivity contribution in [3.05, 3.63) is 47.1 Å². The van der Waals surface area contributed by atoms with Crippen LogP contribution in [-0.4, -0.2) is 9.97 Å². The van der Waals surface area contributed by atoms with Crippen molar-refractivity contribution in [1.29, 1.82) is 0 Å². The fourth-order valence-electron chi connectivity index (χ4n) is 1.87. The van der Waals surface area contributed by atoms with Gasteiger partial charge in [0.2, 0.25) is 5.28 Å². The molecule has 0 radical (unpaired) electrons. The maximum absolute atomic E-state index is 13.7. The van der Waals surface area contributed by atoms with Crippen molar-refractivity contribution in [2.45, 2.75) is 20.3 Å². The van der Waals surface area contributed by atoms with Crippen molar-refractivity contribution < 1.29 is 4.39 Å². The first-order chi connectivity index (χ1) is 8.56. The van der Waals surface area contributed by atoms with E-state index in [4.69, 9.17) is 11.6 Å². The van der Waals surface area contributed by atoms with E-state index in [0.29, 0.717) is 5.92 Å². The third kappa shape index (κ3) is 3.05. The molecule has 0 spiro atoms. The molecule has 0 bridgehead atoms. The Kier molecular flexibility index (Phi) is 3.92. The van der Waals surface area contributed by atoms with E-state index in [9.17, 15) is 4.39 Å². The van der Waals surface area contributed by atoms with Gasteiger partial charge in [-0.1, -0.05) is 32.0 Å². The molecule has 1 aromatic heterocycles. The van der Waals surface area contributed by atoms with Gasteiger partial charge in [0.15, 0.2) is 5.82 Å². The standard InChI is InChI=1S/C14H14ClFN2/c1-9(2)6-10-4-3-5-11(7-10)13-12(16)8-17-14(15)18-13/h3-5,7-9H,6H2,1-2H3. The van der Waals surface area contributed by atoms with Crippen LogP contribution in [0.3, 0.4) is 0 Å². The lowest BCUT2D eigenvalue weighted by Gasteiger charge is -2.08. The highest BCUT2D eigenvalue weighted by atomic mass is 35.5. The highest BCUT2D eigenvalue weighted by Crippen LogP contribution is 2.23. The molecule has 94 valence electrons. The number of aromatic nitrogens is 2. The molecule has 0 atom stereocenters. The van der Waals surface area contributed by atoms with Crippen LogP contribution in [0.5, 0.6) is 0 Å². The summed E-state index contributed by atoms with van der Waals surface area (Å²) >= 11 is 5.70. The molecule has 0 aliphatic rings. The Morgan fingerprint density at radius 1 is 1.33 bits per heavy atom. The molecule has 0 unspecified atom stereocenters. The Balaban J connectivity index is 2.41. The Hall–Kier alpha value is -1.48. The number of halogens is 2.